The number of benzene rings is 1. The third kappa shape index (κ3) is 3.40. The van der Waals surface area contributed by atoms with Gasteiger partial charge in [0.15, 0.2) is 0 Å². The summed E-state index contributed by atoms with van der Waals surface area (Å²) in [4.78, 5) is 11.2. The Bertz CT molecular complexity index is 459. The fraction of sp³-hybridized carbons (Fsp3) is 0.533. The van der Waals surface area contributed by atoms with E-state index < -0.39 is 5.91 Å². The summed E-state index contributed by atoms with van der Waals surface area (Å²) in [5.41, 5.74) is 12.9. The maximum absolute atomic E-state index is 11.2. The predicted molar refractivity (Wildman–Crippen MR) is 79.0 cm³/mol. The molecule has 0 saturated heterocycles. The van der Waals surface area contributed by atoms with Crippen molar-refractivity contribution in [2.75, 3.05) is 17.6 Å². The molecule has 1 amide bonds. The Balaban J connectivity index is 1.99. The van der Waals surface area contributed by atoms with Gasteiger partial charge < -0.3 is 16.8 Å². The summed E-state index contributed by atoms with van der Waals surface area (Å²) >= 11 is 0. The summed E-state index contributed by atoms with van der Waals surface area (Å²) in [5.74, 6) is 1.03. The van der Waals surface area contributed by atoms with Gasteiger partial charge in [0, 0.05) is 6.54 Å². The minimum atomic E-state index is -0.479. The molecule has 4 nitrogen and oxygen atoms in total. The molecule has 1 aromatic rings. The molecule has 2 atom stereocenters. The van der Waals surface area contributed by atoms with E-state index in [4.69, 9.17) is 11.5 Å². The van der Waals surface area contributed by atoms with E-state index in [1.807, 2.05) is 12.1 Å². The highest BCUT2D eigenvalue weighted by Crippen LogP contribution is 2.29. The van der Waals surface area contributed by atoms with Crippen LogP contribution in [0.25, 0.3) is 0 Å². The van der Waals surface area contributed by atoms with Gasteiger partial charge in [0.05, 0.1) is 16.9 Å². The van der Waals surface area contributed by atoms with Crippen LogP contribution in [0.2, 0.25) is 0 Å². The average molecular weight is 261 g/mol. The van der Waals surface area contributed by atoms with Crippen LogP contribution in [0.5, 0.6) is 0 Å². The molecule has 1 aromatic carbocycles. The maximum Gasteiger partial charge on any atom is 0.250 e. The first-order valence-electron chi connectivity index (χ1n) is 7.00. The van der Waals surface area contributed by atoms with Crippen LogP contribution in [0, 0.1) is 11.8 Å². The predicted octanol–water partition coefficient (Wildman–Crippen LogP) is 2.61. The van der Waals surface area contributed by atoms with E-state index >= 15 is 0 Å². The van der Waals surface area contributed by atoms with E-state index in [0.717, 1.165) is 18.2 Å². The van der Waals surface area contributed by atoms with Crippen molar-refractivity contribution in [2.45, 2.75) is 32.6 Å². The number of hydrogen-bond donors (Lipinski definition) is 3. The van der Waals surface area contributed by atoms with E-state index in [2.05, 4.69) is 12.2 Å². The minimum Gasteiger partial charge on any atom is -0.396 e. The van der Waals surface area contributed by atoms with E-state index in [9.17, 15) is 4.79 Å². The second kappa shape index (κ2) is 5.95. The Morgan fingerprint density at radius 1 is 1.42 bits per heavy atom. The number of primary amides is 1. The molecule has 2 unspecified atom stereocenters. The second-order valence-corrected chi connectivity index (χ2v) is 5.65. The molecule has 1 aliphatic rings. The van der Waals surface area contributed by atoms with Gasteiger partial charge in [-0.05, 0) is 36.8 Å². The van der Waals surface area contributed by atoms with Crippen LogP contribution in [0.15, 0.2) is 18.2 Å². The van der Waals surface area contributed by atoms with Crippen molar-refractivity contribution in [1.82, 2.24) is 0 Å². The van der Waals surface area contributed by atoms with Gasteiger partial charge in [-0.15, -0.1) is 0 Å². The van der Waals surface area contributed by atoms with E-state index in [-0.39, 0.29) is 0 Å². The quantitative estimate of drug-likeness (QED) is 0.729. The first kappa shape index (κ1) is 13.7. The maximum atomic E-state index is 11.2. The van der Waals surface area contributed by atoms with Gasteiger partial charge >= 0.3 is 0 Å². The molecular formula is C15H23N3O. The number of para-hydroxylation sites is 1. The molecule has 0 aromatic heterocycles. The normalized spacial score (nSPS) is 23.0. The van der Waals surface area contributed by atoms with Crippen molar-refractivity contribution >= 4 is 17.3 Å². The highest BCUT2D eigenvalue weighted by atomic mass is 16.1. The highest BCUT2D eigenvalue weighted by molar-refractivity contribution is 6.00. The standard InChI is InChI=1S/C15H23N3O/c1-10-4-2-5-11(8-10)9-18-13-7-3-6-12(14(13)16)15(17)19/h3,6-7,10-11,18H,2,4-5,8-9,16H2,1H3,(H2,17,19). The molecule has 104 valence electrons. The third-order valence-electron chi connectivity index (χ3n) is 4.00. The van der Waals surface area contributed by atoms with Crippen molar-refractivity contribution in [2.24, 2.45) is 17.6 Å². The molecule has 19 heavy (non-hydrogen) atoms. The van der Waals surface area contributed by atoms with Crippen LogP contribution in [0.4, 0.5) is 11.4 Å². The molecule has 1 saturated carbocycles. The van der Waals surface area contributed by atoms with Crippen molar-refractivity contribution < 1.29 is 4.79 Å². The summed E-state index contributed by atoms with van der Waals surface area (Å²) in [5, 5.41) is 3.37. The van der Waals surface area contributed by atoms with Gasteiger partial charge in [-0.25, -0.2) is 0 Å². The van der Waals surface area contributed by atoms with Gasteiger partial charge in [0.25, 0.3) is 5.91 Å². The fourth-order valence-corrected chi connectivity index (χ4v) is 2.93. The van der Waals surface area contributed by atoms with Gasteiger partial charge in [-0.1, -0.05) is 25.8 Å². The minimum absolute atomic E-state index is 0.391. The number of nitrogens with one attached hydrogen (secondary N) is 1. The Kier molecular flexibility index (Phi) is 4.30. The zero-order valence-corrected chi connectivity index (χ0v) is 11.5. The summed E-state index contributed by atoms with van der Waals surface area (Å²) in [6.07, 6.45) is 5.19. The first-order valence-corrected chi connectivity index (χ1v) is 7.00. The molecule has 0 spiro atoms. The van der Waals surface area contributed by atoms with E-state index in [1.54, 1.807) is 6.07 Å². The topological polar surface area (TPSA) is 81.1 Å². The third-order valence-corrected chi connectivity index (χ3v) is 4.00. The van der Waals surface area contributed by atoms with Gasteiger partial charge in [-0.3, -0.25) is 4.79 Å². The average Bonchev–Trinajstić information content (AvgIpc) is 2.37. The Labute approximate surface area is 114 Å². The summed E-state index contributed by atoms with van der Waals surface area (Å²) < 4.78 is 0. The lowest BCUT2D eigenvalue weighted by Gasteiger charge is -2.27. The Morgan fingerprint density at radius 3 is 2.89 bits per heavy atom. The smallest absolute Gasteiger partial charge is 0.250 e. The lowest BCUT2D eigenvalue weighted by atomic mass is 9.82. The number of amides is 1. The molecular weight excluding hydrogens is 238 g/mol. The Hall–Kier alpha value is -1.71. The van der Waals surface area contributed by atoms with Crippen molar-refractivity contribution in [3.8, 4) is 0 Å². The highest BCUT2D eigenvalue weighted by Gasteiger charge is 2.19. The number of carbonyl (C=O) groups is 1. The van der Waals surface area contributed by atoms with Crippen LogP contribution in [-0.2, 0) is 0 Å². The first-order chi connectivity index (χ1) is 9.08. The van der Waals surface area contributed by atoms with Gasteiger partial charge in [0.1, 0.15) is 0 Å². The molecule has 0 heterocycles. The number of nitrogens with two attached hydrogens (primary N) is 2. The molecule has 0 radical (unpaired) electrons. The number of carbonyl (C=O) groups excluding carboxylic acids is 1. The number of hydrogen-bond acceptors (Lipinski definition) is 3. The molecule has 1 fully saturated rings. The van der Waals surface area contributed by atoms with Gasteiger partial charge in [-0.2, -0.15) is 0 Å². The number of rotatable bonds is 4. The molecule has 1 aliphatic carbocycles. The number of anilines is 2. The van der Waals surface area contributed by atoms with E-state index in [0.29, 0.717) is 17.2 Å². The van der Waals surface area contributed by atoms with Crippen LogP contribution in [-0.4, -0.2) is 12.5 Å². The Morgan fingerprint density at radius 2 is 2.21 bits per heavy atom. The summed E-state index contributed by atoms with van der Waals surface area (Å²) in [6.45, 7) is 3.23. The largest absolute Gasteiger partial charge is 0.396 e. The monoisotopic (exact) mass is 261 g/mol. The molecule has 5 N–H and O–H groups in total. The van der Waals surface area contributed by atoms with E-state index in [1.165, 1.54) is 25.7 Å². The fourth-order valence-electron chi connectivity index (χ4n) is 2.93. The SMILES string of the molecule is CC1CCCC(CNc2cccc(C(N)=O)c2N)C1. The van der Waals surface area contributed by atoms with Crippen LogP contribution in [0.3, 0.4) is 0 Å². The zero-order valence-electron chi connectivity index (χ0n) is 11.5. The lowest BCUT2D eigenvalue weighted by molar-refractivity contribution is 0.100. The van der Waals surface area contributed by atoms with Crippen molar-refractivity contribution in [1.29, 1.82) is 0 Å². The number of nitrogen functional groups attached to an aromatic ring is 1. The van der Waals surface area contributed by atoms with Crippen LogP contribution >= 0.6 is 0 Å². The van der Waals surface area contributed by atoms with Gasteiger partial charge in [0.2, 0.25) is 0 Å². The molecule has 4 heteroatoms. The molecule has 2 rings (SSSR count). The summed E-state index contributed by atoms with van der Waals surface area (Å²) in [6, 6.07) is 5.36. The molecule has 0 bridgehead atoms. The zero-order chi connectivity index (χ0) is 13.8. The molecule has 0 aliphatic heterocycles. The lowest BCUT2D eigenvalue weighted by Crippen LogP contribution is -2.22. The summed E-state index contributed by atoms with van der Waals surface area (Å²) in [7, 11) is 0. The van der Waals surface area contributed by atoms with Crippen LogP contribution in [0.1, 0.15) is 43.0 Å². The van der Waals surface area contributed by atoms with Crippen molar-refractivity contribution in [3.05, 3.63) is 23.8 Å². The van der Waals surface area contributed by atoms with Crippen molar-refractivity contribution in [3.63, 3.8) is 0 Å². The second-order valence-electron chi connectivity index (χ2n) is 5.65. The van der Waals surface area contributed by atoms with Crippen LogP contribution < -0.4 is 16.8 Å².